The molecule has 0 saturated heterocycles. The van der Waals surface area contributed by atoms with Crippen LogP contribution in [0.1, 0.15) is 42.8 Å². The molecule has 0 atom stereocenters. The molecule has 0 saturated carbocycles. The monoisotopic (exact) mass is 349 g/mol. The van der Waals surface area contributed by atoms with E-state index in [0.29, 0.717) is 30.2 Å². The number of benzene rings is 2. The molecule has 5 heteroatoms. The van der Waals surface area contributed by atoms with Crippen molar-refractivity contribution in [1.82, 2.24) is 15.5 Å². The average Bonchev–Trinajstić information content (AvgIpc) is 3.12. The molecule has 2 aromatic carbocycles. The molecule has 1 aromatic heterocycles. The highest BCUT2D eigenvalue weighted by Gasteiger charge is 2.21. The van der Waals surface area contributed by atoms with E-state index in [9.17, 15) is 4.79 Å². The van der Waals surface area contributed by atoms with Gasteiger partial charge >= 0.3 is 0 Å². The van der Waals surface area contributed by atoms with E-state index >= 15 is 0 Å². The van der Waals surface area contributed by atoms with E-state index in [0.717, 1.165) is 11.1 Å². The Morgan fingerprint density at radius 2 is 1.65 bits per heavy atom. The molecule has 0 aliphatic rings. The van der Waals surface area contributed by atoms with Crippen LogP contribution in [0.2, 0.25) is 0 Å². The topological polar surface area (TPSA) is 68.0 Å². The van der Waals surface area contributed by atoms with E-state index in [4.69, 9.17) is 4.52 Å². The molecule has 26 heavy (non-hydrogen) atoms. The van der Waals surface area contributed by atoms with Crippen LogP contribution in [0.25, 0.3) is 11.1 Å². The van der Waals surface area contributed by atoms with Crippen LogP contribution in [0.3, 0.4) is 0 Å². The zero-order valence-corrected chi connectivity index (χ0v) is 15.3. The molecular weight excluding hydrogens is 326 g/mol. The van der Waals surface area contributed by atoms with Gasteiger partial charge in [0, 0.05) is 23.9 Å². The number of amides is 1. The van der Waals surface area contributed by atoms with Gasteiger partial charge in [-0.25, -0.2) is 0 Å². The van der Waals surface area contributed by atoms with Crippen molar-refractivity contribution in [3.63, 3.8) is 0 Å². The molecule has 134 valence electrons. The molecule has 0 fully saturated rings. The predicted molar refractivity (Wildman–Crippen MR) is 101 cm³/mol. The van der Waals surface area contributed by atoms with E-state index in [1.54, 1.807) is 0 Å². The Hall–Kier alpha value is -2.95. The summed E-state index contributed by atoms with van der Waals surface area (Å²) in [5.74, 6) is 1.11. The van der Waals surface area contributed by atoms with Crippen molar-refractivity contribution in [1.29, 1.82) is 0 Å². The third-order valence-electron chi connectivity index (χ3n) is 4.00. The molecule has 5 nitrogen and oxygen atoms in total. The van der Waals surface area contributed by atoms with Crippen molar-refractivity contribution in [2.24, 2.45) is 0 Å². The van der Waals surface area contributed by atoms with Crippen molar-refractivity contribution in [2.45, 2.75) is 32.6 Å². The van der Waals surface area contributed by atoms with Crippen LogP contribution >= 0.6 is 0 Å². The first kappa shape index (κ1) is 17.9. The van der Waals surface area contributed by atoms with Crippen LogP contribution in [-0.2, 0) is 11.8 Å². The molecule has 3 aromatic rings. The second-order valence-electron chi connectivity index (χ2n) is 7.22. The molecule has 0 spiro atoms. The Morgan fingerprint density at radius 3 is 2.27 bits per heavy atom. The maximum Gasteiger partial charge on any atom is 0.251 e. The Labute approximate surface area is 153 Å². The summed E-state index contributed by atoms with van der Waals surface area (Å²) in [5.41, 5.74) is 2.68. The molecular formula is C21H23N3O2. The van der Waals surface area contributed by atoms with Crippen molar-refractivity contribution in [3.8, 4) is 11.1 Å². The first-order chi connectivity index (χ1) is 12.4. The van der Waals surface area contributed by atoms with E-state index < -0.39 is 0 Å². The fourth-order valence-corrected chi connectivity index (χ4v) is 2.49. The highest BCUT2D eigenvalue weighted by Crippen LogP contribution is 2.20. The number of hydrogen-bond donors (Lipinski definition) is 1. The normalized spacial score (nSPS) is 11.3. The number of nitrogens with one attached hydrogen (secondary N) is 1. The fourth-order valence-electron chi connectivity index (χ4n) is 2.49. The van der Waals surface area contributed by atoms with Crippen molar-refractivity contribution >= 4 is 5.91 Å². The van der Waals surface area contributed by atoms with Gasteiger partial charge in [-0.2, -0.15) is 4.98 Å². The van der Waals surface area contributed by atoms with Gasteiger partial charge in [-0.05, 0) is 23.3 Å². The van der Waals surface area contributed by atoms with Gasteiger partial charge in [-0.15, -0.1) is 0 Å². The predicted octanol–water partition coefficient (Wildman–Crippen LogP) is 4.01. The molecule has 0 unspecified atom stereocenters. The second-order valence-corrected chi connectivity index (χ2v) is 7.22. The molecule has 0 radical (unpaired) electrons. The van der Waals surface area contributed by atoms with Crippen LogP contribution in [0.5, 0.6) is 0 Å². The third-order valence-corrected chi connectivity index (χ3v) is 4.00. The summed E-state index contributed by atoms with van der Waals surface area (Å²) < 4.78 is 5.25. The van der Waals surface area contributed by atoms with Crippen molar-refractivity contribution < 1.29 is 9.32 Å². The highest BCUT2D eigenvalue weighted by atomic mass is 16.5. The summed E-state index contributed by atoms with van der Waals surface area (Å²) in [6.45, 7) is 6.52. The van der Waals surface area contributed by atoms with Crippen LogP contribution < -0.4 is 5.32 Å². The van der Waals surface area contributed by atoms with Gasteiger partial charge in [-0.1, -0.05) is 68.4 Å². The number of carbonyl (C=O) groups is 1. The van der Waals surface area contributed by atoms with E-state index in [2.05, 4.69) is 15.5 Å². The fraction of sp³-hybridized carbons (Fsp3) is 0.286. The summed E-state index contributed by atoms with van der Waals surface area (Å²) in [4.78, 5) is 16.6. The molecule has 1 N–H and O–H groups in total. The SMILES string of the molecule is CC(C)(C)c1nc(CCNC(=O)c2ccc(-c3ccccc3)cc2)no1. The quantitative estimate of drug-likeness (QED) is 0.756. The number of aromatic nitrogens is 2. The maximum atomic E-state index is 12.3. The van der Waals surface area contributed by atoms with Crippen LogP contribution in [-0.4, -0.2) is 22.6 Å². The lowest BCUT2D eigenvalue weighted by atomic mass is 9.97. The molecule has 0 aliphatic heterocycles. The zero-order valence-electron chi connectivity index (χ0n) is 15.3. The van der Waals surface area contributed by atoms with Crippen molar-refractivity contribution in [3.05, 3.63) is 71.9 Å². The second kappa shape index (κ2) is 7.52. The lowest BCUT2D eigenvalue weighted by molar-refractivity contribution is 0.0954. The van der Waals surface area contributed by atoms with Crippen LogP contribution in [0, 0.1) is 0 Å². The first-order valence-corrected chi connectivity index (χ1v) is 8.70. The van der Waals surface area contributed by atoms with Gasteiger partial charge in [0.2, 0.25) is 5.89 Å². The standard InChI is InChI=1S/C21H23N3O2/c1-21(2,3)20-23-18(24-26-20)13-14-22-19(25)17-11-9-16(10-12-17)15-7-5-4-6-8-15/h4-12H,13-14H2,1-3H3,(H,22,25). The molecule has 0 bridgehead atoms. The minimum absolute atomic E-state index is 0.107. The smallest absolute Gasteiger partial charge is 0.251 e. The Kier molecular flexibility index (Phi) is 5.16. The third kappa shape index (κ3) is 4.36. The zero-order chi connectivity index (χ0) is 18.6. The van der Waals surface area contributed by atoms with Crippen LogP contribution in [0.15, 0.2) is 59.1 Å². The number of nitrogens with zero attached hydrogens (tertiary/aromatic N) is 2. The molecule has 3 rings (SSSR count). The van der Waals surface area contributed by atoms with Gasteiger partial charge < -0.3 is 9.84 Å². The Morgan fingerprint density at radius 1 is 1.00 bits per heavy atom. The van der Waals surface area contributed by atoms with E-state index in [1.165, 1.54) is 0 Å². The van der Waals surface area contributed by atoms with Gasteiger partial charge in [0.1, 0.15) is 0 Å². The average molecular weight is 349 g/mol. The molecule has 1 heterocycles. The molecule has 0 aliphatic carbocycles. The Bertz CT molecular complexity index is 862. The van der Waals surface area contributed by atoms with Crippen LogP contribution in [0.4, 0.5) is 0 Å². The van der Waals surface area contributed by atoms with Crippen molar-refractivity contribution in [2.75, 3.05) is 6.54 Å². The lowest BCUT2D eigenvalue weighted by Gasteiger charge is -2.10. The lowest BCUT2D eigenvalue weighted by Crippen LogP contribution is -2.26. The summed E-state index contributed by atoms with van der Waals surface area (Å²) in [7, 11) is 0. The largest absolute Gasteiger partial charge is 0.352 e. The summed E-state index contributed by atoms with van der Waals surface area (Å²) in [6.07, 6.45) is 0.535. The number of hydrogen-bond acceptors (Lipinski definition) is 4. The van der Waals surface area contributed by atoms with E-state index in [-0.39, 0.29) is 11.3 Å². The maximum absolute atomic E-state index is 12.3. The Balaban J connectivity index is 1.54. The van der Waals surface area contributed by atoms with E-state index in [1.807, 2.05) is 75.4 Å². The summed E-state index contributed by atoms with van der Waals surface area (Å²) >= 11 is 0. The molecule has 1 amide bonds. The van der Waals surface area contributed by atoms with Gasteiger partial charge in [0.05, 0.1) is 0 Å². The summed E-state index contributed by atoms with van der Waals surface area (Å²) in [5, 5.41) is 6.85. The van der Waals surface area contributed by atoms with Gasteiger partial charge in [0.15, 0.2) is 5.82 Å². The number of carbonyl (C=O) groups excluding carboxylic acids is 1. The van der Waals surface area contributed by atoms with Gasteiger partial charge in [0.25, 0.3) is 5.91 Å². The van der Waals surface area contributed by atoms with Gasteiger partial charge in [-0.3, -0.25) is 4.79 Å². The minimum atomic E-state index is -0.172. The highest BCUT2D eigenvalue weighted by molar-refractivity contribution is 5.94. The summed E-state index contributed by atoms with van der Waals surface area (Å²) in [6, 6.07) is 17.7. The minimum Gasteiger partial charge on any atom is -0.352 e. The number of rotatable bonds is 5. The first-order valence-electron chi connectivity index (χ1n) is 8.70.